The van der Waals surface area contributed by atoms with Gasteiger partial charge < -0.3 is 0 Å². The van der Waals surface area contributed by atoms with Gasteiger partial charge in [0.05, 0.1) is 5.56 Å². The number of hydrogen-bond acceptors (Lipinski definition) is 5. The van der Waals surface area contributed by atoms with Crippen LogP contribution >= 0.6 is 11.5 Å². The Bertz CT molecular complexity index is 679. The highest BCUT2D eigenvalue weighted by molar-refractivity contribution is 7.06. The van der Waals surface area contributed by atoms with E-state index < -0.39 is 10.2 Å². The number of rotatable bonds is 2. The molecule has 2 aromatic carbocycles. The molecule has 0 amide bonds. The molecule has 0 aliphatic rings. The van der Waals surface area contributed by atoms with Crippen molar-refractivity contribution >= 4 is 11.5 Å². The first kappa shape index (κ1) is 17.6. The van der Waals surface area contributed by atoms with Gasteiger partial charge in [-0.1, -0.05) is 60.7 Å². The molecule has 0 bridgehead atoms. The summed E-state index contributed by atoms with van der Waals surface area (Å²) in [5.41, 5.74) is 3.85. The van der Waals surface area contributed by atoms with E-state index in [-0.39, 0.29) is 0 Å². The molecule has 0 aliphatic heterocycles. The summed E-state index contributed by atoms with van der Waals surface area (Å²) in [6, 6.07) is 21.1. The monoisotopic (exact) mass is 351 g/mol. The van der Waals surface area contributed by atoms with Crippen molar-refractivity contribution in [2.45, 2.75) is 0 Å². The Morgan fingerprint density at radius 2 is 1.22 bits per heavy atom. The van der Waals surface area contributed by atoms with E-state index in [1.807, 2.05) is 0 Å². The maximum absolute atomic E-state index is 8.49. The lowest BCUT2D eigenvalue weighted by atomic mass is 10.0. The van der Waals surface area contributed by atoms with Crippen LogP contribution in [0.3, 0.4) is 0 Å². The van der Waals surface area contributed by atoms with Crippen LogP contribution < -0.4 is 22.6 Å². The number of hydrogen-bond donors (Lipinski definition) is 0. The summed E-state index contributed by atoms with van der Waals surface area (Å²) in [5.74, 6) is 0. The summed E-state index contributed by atoms with van der Waals surface area (Å²) in [6.07, 6.45) is 2.20. The molecule has 0 fully saturated rings. The number of halogens is 1. The fourth-order valence-corrected chi connectivity index (χ4v) is 3.04. The molecule has 0 radical (unpaired) electrons. The van der Waals surface area contributed by atoms with E-state index in [1.165, 1.54) is 21.6 Å². The third kappa shape index (κ3) is 5.72. The van der Waals surface area contributed by atoms with E-state index in [1.54, 1.807) is 11.5 Å². The molecule has 0 aliphatic carbocycles. The maximum Gasteiger partial charge on any atom is 0.192 e. The maximum atomic E-state index is 8.49. The van der Waals surface area contributed by atoms with Crippen LogP contribution in [-0.2, 0) is 7.05 Å². The fourth-order valence-electron chi connectivity index (χ4n) is 2.08. The van der Waals surface area contributed by atoms with Crippen LogP contribution in [0, 0.1) is 10.2 Å². The number of benzene rings is 2. The zero-order valence-corrected chi connectivity index (χ0v) is 13.8. The van der Waals surface area contributed by atoms with Gasteiger partial charge in [-0.15, -0.1) is 14.2 Å². The van der Waals surface area contributed by atoms with Crippen LogP contribution in [0.2, 0.25) is 0 Å². The quantitative estimate of drug-likeness (QED) is 0.562. The summed E-state index contributed by atoms with van der Waals surface area (Å²) in [7, 11) is -2.86. The molecule has 0 saturated heterocycles. The van der Waals surface area contributed by atoms with Crippen molar-refractivity contribution in [2.75, 3.05) is 0 Å². The standard InChI is InChI=1S/C16H14NS.ClHO4/c1-17-12-15(13-8-4-2-5-9-13)16(18-17)14-10-6-3-7-11-14;2-1(3,4)5/h2-12H,1H3;(H,2,3,4,5)/q+1;/p-1. The molecular weight excluding hydrogens is 338 g/mol. The molecule has 120 valence electrons. The predicted molar refractivity (Wildman–Crippen MR) is 76.4 cm³/mol. The summed E-state index contributed by atoms with van der Waals surface area (Å²) in [6.45, 7) is 0. The minimum Gasteiger partial charge on any atom is -0.222 e. The van der Waals surface area contributed by atoms with Crippen LogP contribution in [0.15, 0.2) is 66.9 Å². The number of nitrogens with zero attached hydrogens (tertiary/aromatic N) is 1. The van der Waals surface area contributed by atoms with Crippen LogP contribution in [0.4, 0.5) is 0 Å². The molecule has 0 N–H and O–H groups in total. The first-order chi connectivity index (χ1) is 10.8. The average molecular weight is 352 g/mol. The second-order valence-electron chi connectivity index (χ2n) is 4.62. The van der Waals surface area contributed by atoms with Gasteiger partial charge in [0, 0.05) is 0 Å². The van der Waals surface area contributed by atoms with Gasteiger partial charge in [0.2, 0.25) is 0 Å². The SMILES string of the molecule is C[n+]1cc(-c2ccccc2)c(-c2ccccc2)s1.[O-][Cl+3]([O-])([O-])[O-]. The molecule has 3 rings (SSSR count). The third-order valence-electron chi connectivity index (χ3n) is 2.91. The van der Waals surface area contributed by atoms with Gasteiger partial charge in [-0.25, -0.2) is 18.6 Å². The van der Waals surface area contributed by atoms with Crippen molar-refractivity contribution in [1.29, 1.82) is 0 Å². The van der Waals surface area contributed by atoms with Crippen molar-refractivity contribution < 1.29 is 32.8 Å². The van der Waals surface area contributed by atoms with E-state index >= 15 is 0 Å². The minimum atomic E-state index is -4.94. The van der Waals surface area contributed by atoms with Crippen LogP contribution in [-0.4, -0.2) is 0 Å². The first-order valence-electron chi connectivity index (χ1n) is 6.57. The van der Waals surface area contributed by atoms with Gasteiger partial charge in [-0.05, 0) is 11.1 Å². The second-order valence-corrected chi connectivity index (χ2v) is 6.54. The zero-order chi connectivity index (χ0) is 16.9. The molecule has 0 saturated carbocycles. The van der Waals surface area contributed by atoms with Crippen molar-refractivity contribution in [1.82, 2.24) is 0 Å². The molecule has 1 heterocycles. The van der Waals surface area contributed by atoms with Crippen LogP contribution in [0.25, 0.3) is 21.6 Å². The third-order valence-corrected chi connectivity index (χ3v) is 3.94. The Labute approximate surface area is 140 Å². The molecule has 7 heteroatoms. The number of aromatic nitrogens is 1. The van der Waals surface area contributed by atoms with E-state index in [4.69, 9.17) is 18.6 Å². The van der Waals surface area contributed by atoms with E-state index in [9.17, 15) is 0 Å². The van der Waals surface area contributed by atoms with Gasteiger partial charge >= 0.3 is 0 Å². The van der Waals surface area contributed by atoms with Gasteiger partial charge in [0.25, 0.3) is 0 Å². The molecule has 0 atom stereocenters. The lowest BCUT2D eigenvalue weighted by Crippen LogP contribution is -2.68. The smallest absolute Gasteiger partial charge is 0.192 e. The molecule has 23 heavy (non-hydrogen) atoms. The summed E-state index contributed by atoms with van der Waals surface area (Å²) >= 11 is 1.78. The Hall–Kier alpha value is -1.80. The normalized spacial score (nSPS) is 10.8. The Balaban J connectivity index is 0.000000338. The second kappa shape index (κ2) is 7.65. The molecule has 0 spiro atoms. The Kier molecular flexibility index (Phi) is 5.84. The molecule has 3 aromatic rings. The van der Waals surface area contributed by atoms with Crippen molar-refractivity contribution in [3.05, 3.63) is 66.9 Å². The van der Waals surface area contributed by atoms with E-state index in [0.717, 1.165) is 0 Å². The van der Waals surface area contributed by atoms with Crippen molar-refractivity contribution in [2.24, 2.45) is 7.05 Å². The van der Waals surface area contributed by atoms with Crippen LogP contribution in [0.1, 0.15) is 0 Å². The van der Waals surface area contributed by atoms with Crippen LogP contribution in [0.5, 0.6) is 0 Å². The summed E-state index contributed by atoms with van der Waals surface area (Å²) < 4.78 is 36.1. The van der Waals surface area contributed by atoms with Crippen molar-refractivity contribution in [3.63, 3.8) is 0 Å². The van der Waals surface area contributed by atoms with Gasteiger partial charge in [0.15, 0.2) is 13.2 Å². The largest absolute Gasteiger partial charge is 0.222 e. The fraction of sp³-hybridized carbons (Fsp3) is 0.0625. The highest BCUT2D eigenvalue weighted by atomic mass is 35.7. The molecular formula is C16H14ClNO4S. The summed E-state index contributed by atoms with van der Waals surface area (Å²) in [5, 5.41) is 0. The van der Waals surface area contributed by atoms with Gasteiger partial charge in [0.1, 0.15) is 16.4 Å². The molecule has 0 unspecified atom stereocenters. The number of aryl methyl sites for hydroxylation is 1. The highest BCUT2D eigenvalue weighted by Gasteiger charge is 2.16. The van der Waals surface area contributed by atoms with E-state index in [0.29, 0.717) is 0 Å². The Morgan fingerprint density at radius 1 is 0.783 bits per heavy atom. The molecule has 1 aromatic heterocycles. The van der Waals surface area contributed by atoms with Crippen molar-refractivity contribution in [3.8, 4) is 21.6 Å². The van der Waals surface area contributed by atoms with Gasteiger partial charge in [-0.3, -0.25) is 0 Å². The first-order valence-corrected chi connectivity index (χ1v) is 8.58. The molecule has 5 nitrogen and oxygen atoms in total. The zero-order valence-electron chi connectivity index (χ0n) is 12.2. The lowest BCUT2D eigenvalue weighted by Gasteiger charge is -2.17. The predicted octanol–water partition coefficient (Wildman–Crippen LogP) is -0.849. The minimum absolute atomic E-state index is 1.27. The highest BCUT2D eigenvalue weighted by Crippen LogP contribution is 2.33. The van der Waals surface area contributed by atoms with E-state index in [2.05, 4.69) is 77.9 Å². The summed E-state index contributed by atoms with van der Waals surface area (Å²) in [4.78, 5) is 1.32. The lowest BCUT2D eigenvalue weighted by molar-refractivity contribution is -2.00. The topological polar surface area (TPSA) is 96.1 Å². The van der Waals surface area contributed by atoms with Gasteiger partial charge in [-0.2, -0.15) is 0 Å². The Morgan fingerprint density at radius 3 is 1.70 bits per heavy atom. The average Bonchev–Trinajstić information content (AvgIpc) is 2.89.